The van der Waals surface area contributed by atoms with Crippen molar-refractivity contribution in [3.63, 3.8) is 0 Å². The summed E-state index contributed by atoms with van der Waals surface area (Å²) in [5.74, 6) is 0.134. The van der Waals surface area contributed by atoms with Gasteiger partial charge in [0, 0.05) is 23.5 Å². The number of amides is 2. The van der Waals surface area contributed by atoms with Crippen molar-refractivity contribution in [2.24, 2.45) is 0 Å². The summed E-state index contributed by atoms with van der Waals surface area (Å²) < 4.78 is 1.44. The summed E-state index contributed by atoms with van der Waals surface area (Å²) >= 11 is 2.88. The second-order valence-corrected chi connectivity index (χ2v) is 7.64. The lowest BCUT2D eigenvalue weighted by Gasteiger charge is -2.17. The lowest BCUT2D eigenvalue weighted by Crippen LogP contribution is -2.23. The standard InChI is InChI=1S/C17H14N4O3S2/c22-14(3-5-21-9-18-16-11(17(21)24)4-6-25-16)19-10-1-2-13-12(7-10)20-15(23)8-26-13/h1-2,4,6-7,9H,3,5,8H2,(H,19,22)(H,20,23). The summed E-state index contributed by atoms with van der Waals surface area (Å²) in [5.41, 5.74) is 1.17. The van der Waals surface area contributed by atoms with Crippen LogP contribution in [0.25, 0.3) is 10.2 Å². The number of thiophene rings is 1. The Morgan fingerprint density at radius 3 is 3.08 bits per heavy atom. The maximum Gasteiger partial charge on any atom is 0.262 e. The van der Waals surface area contributed by atoms with Gasteiger partial charge in [-0.1, -0.05) is 0 Å². The zero-order valence-corrected chi connectivity index (χ0v) is 15.2. The second kappa shape index (κ2) is 6.93. The van der Waals surface area contributed by atoms with Crippen molar-refractivity contribution < 1.29 is 9.59 Å². The molecular formula is C17H14N4O3S2. The van der Waals surface area contributed by atoms with Crippen LogP contribution in [0.15, 0.2) is 45.7 Å². The van der Waals surface area contributed by atoms with Gasteiger partial charge in [-0.2, -0.15) is 0 Å². The Morgan fingerprint density at radius 1 is 1.31 bits per heavy atom. The number of anilines is 2. The van der Waals surface area contributed by atoms with E-state index in [9.17, 15) is 14.4 Å². The number of rotatable bonds is 4. The number of thioether (sulfide) groups is 1. The predicted octanol–water partition coefficient (Wildman–Crippen LogP) is 2.53. The first kappa shape index (κ1) is 16.8. The number of nitrogens with one attached hydrogen (secondary N) is 2. The molecule has 1 aliphatic heterocycles. The number of aryl methyl sites for hydroxylation is 1. The smallest absolute Gasteiger partial charge is 0.262 e. The third-order valence-corrected chi connectivity index (χ3v) is 5.82. The van der Waals surface area contributed by atoms with Gasteiger partial charge in [0.15, 0.2) is 0 Å². The highest BCUT2D eigenvalue weighted by Gasteiger charge is 2.16. The van der Waals surface area contributed by atoms with Gasteiger partial charge < -0.3 is 10.6 Å². The third-order valence-electron chi connectivity index (χ3n) is 3.93. The highest BCUT2D eigenvalue weighted by Crippen LogP contribution is 2.33. The molecule has 2 N–H and O–H groups in total. The van der Waals surface area contributed by atoms with E-state index in [-0.39, 0.29) is 30.3 Å². The zero-order chi connectivity index (χ0) is 18.1. The van der Waals surface area contributed by atoms with Crippen LogP contribution in [0.5, 0.6) is 0 Å². The first-order chi connectivity index (χ1) is 12.6. The first-order valence-electron chi connectivity index (χ1n) is 7.89. The third kappa shape index (κ3) is 3.35. The number of hydrogen-bond acceptors (Lipinski definition) is 6. The monoisotopic (exact) mass is 386 g/mol. The van der Waals surface area contributed by atoms with E-state index in [1.54, 1.807) is 18.2 Å². The normalized spacial score (nSPS) is 13.3. The Hall–Kier alpha value is -2.65. The van der Waals surface area contributed by atoms with Crippen molar-refractivity contribution in [3.8, 4) is 0 Å². The Labute approximate surface area is 156 Å². The number of benzene rings is 1. The molecule has 26 heavy (non-hydrogen) atoms. The van der Waals surface area contributed by atoms with Gasteiger partial charge in [0.2, 0.25) is 11.8 Å². The minimum Gasteiger partial charge on any atom is -0.326 e. The predicted molar refractivity (Wildman–Crippen MR) is 103 cm³/mol. The van der Waals surface area contributed by atoms with Gasteiger partial charge in [-0.3, -0.25) is 19.0 Å². The van der Waals surface area contributed by atoms with Crippen molar-refractivity contribution >= 4 is 56.5 Å². The van der Waals surface area contributed by atoms with Gasteiger partial charge >= 0.3 is 0 Å². The fourth-order valence-corrected chi connectivity index (χ4v) is 4.17. The molecule has 0 spiro atoms. The van der Waals surface area contributed by atoms with Gasteiger partial charge in [0.25, 0.3) is 5.56 Å². The number of aromatic nitrogens is 2. The number of nitrogens with zero attached hydrogens (tertiary/aromatic N) is 2. The summed E-state index contributed by atoms with van der Waals surface area (Å²) in [6.45, 7) is 0.251. The maximum absolute atomic E-state index is 12.3. The molecule has 0 radical (unpaired) electrons. The molecular weight excluding hydrogens is 372 g/mol. The van der Waals surface area contributed by atoms with Crippen molar-refractivity contribution in [3.05, 3.63) is 46.3 Å². The van der Waals surface area contributed by atoms with Crippen molar-refractivity contribution in [1.29, 1.82) is 0 Å². The molecule has 4 rings (SSSR count). The molecule has 0 aliphatic carbocycles. The van der Waals surface area contributed by atoms with Crippen LogP contribution in [0, 0.1) is 0 Å². The van der Waals surface area contributed by atoms with Crippen molar-refractivity contribution in [1.82, 2.24) is 9.55 Å². The van der Waals surface area contributed by atoms with E-state index in [4.69, 9.17) is 0 Å². The minimum absolute atomic E-state index is 0.0540. The minimum atomic E-state index is -0.211. The fourth-order valence-electron chi connectivity index (χ4n) is 2.66. The van der Waals surface area contributed by atoms with Crippen LogP contribution in [-0.2, 0) is 16.1 Å². The molecule has 1 aliphatic rings. The van der Waals surface area contributed by atoms with Crippen LogP contribution in [0.4, 0.5) is 11.4 Å². The Kier molecular flexibility index (Phi) is 4.48. The van der Waals surface area contributed by atoms with Gasteiger partial charge in [0.05, 0.1) is 23.2 Å². The van der Waals surface area contributed by atoms with E-state index in [2.05, 4.69) is 15.6 Å². The molecule has 7 nitrogen and oxygen atoms in total. The SMILES string of the molecule is O=C(CCn1cnc2sccc2c1=O)Nc1ccc2c(c1)NC(=O)CS2. The molecule has 0 bridgehead atoms. The van der Waals surface area contributed by atoms with Gasteiger partial charge in [-0.25, -0.2) is 4.98 Å². The van der Waals surface area contributed by atoms with Crippen LogP contribution < -0.4 is 16.2 Å². The molecule has 0 unspecified atom stereocenters. The van der Waals surface area contributed by atoms with Crippen molar-refractivity contribution in [2.75, 3.05) is 16.4 Å². The van der Waals surface area contributed by atoms with E-state index in [0.717, 1.165) is 4.90 Å². The van der Waals surface area contributed by atoms with Crippen molar-refractivity contribution in [2.45, 2.75) is 17.9 Å². The average Bonchev–Trinajstić information content (AvgIpc) is 3.10. The van der Waals surface area contributed by atoms with Gasteiger partial charge in [0.1, 0.15) is 4.83 Å². The van der Waals surface area contributed by atoms with Gasteiger partial charge in [-0.15, -0.1) is 23.1 Å². The molecule has 132 valence electrons. The second-order valence-electron chi connectivity index (χ2n) is 5.73. The average molecular weight is 386 g/mol. The van der Waals surface area contributed by atoms with E-state index < -0.39 is 0 Å². The van der Waals surface area contributed by atoms with E-state index in [1.165, 1.54) is 34.0 Å². The Balaban J connectivity index is 1.42. The Morgan fingerprint density at radius 2 is 2.19 bits per heavy atom. The number of carbonyl (C=O) groups is 2. The van der Waals surface area contributed by atoms with Crippen LogP contribution in [0.2, 0.25) is 0 Å². The number of fused-ring (bicyclic) bond motifs is 2. The molecule has 0 fully saturated rings. The van der Waals surface area contributed by atoms with Crippen LogP contribution in [0.1, 0.15) is 6.42 Å². The highest BCUT2D eigenvalue weighted by molar-refractivity contribution is 8.00. The van der Waals surface area contributed by atoms with E-state index in [0.29, 0.717) is 27.3 Å². The van der Waals surface area contributed by atoms with Gasteiger partial charge in [-0.05, 0) is 29.6 Å². The molecule has 2 aromatic heterocycles. The molecule has 9 heteroatoms. The first-order valence-corrected chi connectivity index (χ1v) is 9.76. The lowest BCUT2D eigenvalue weighted by molar-refractivity contribution is -0.116. The molecule has 0 atom stereocenters. The zero-order valence-electron chi connectivity index (χ0n) is 13.5. The summed E-state index contributed by atoms with van der Waals surface area (Å²) in [6.07, 6.45) is 1.62. The molecule has 3 aromatic rings. The summed E-state index contributed by atoms with van der Waals surface area (Å²) in [5, 5.41) is 7.98. The highest BCUT2D eigenvalue weighted by atomic mass is 32.2. The van der Waals surface area contributed by atoms with Crippen LogP contribution >= 0.6 is 23.1 Å². The summed E-state index contributed by atoms with van der Waals surface area (Å²) in [6, 6.07) is 7.15. The number of hydrogen-bond donors (Lipinski definition) is 2. The molecule has 2 amide bonds. The molecule has 0 saturated heterocycles. The maximum atomic E-state index is 12.3. The Bertz CT molecular complexity index is 1070. The topological polar surface area (TPSA) is 93.1 Å². The number of carbonyl (C=O) groups excluding carboxylic acids is 2. The van der Waals surface area contributed by atoms with E-state index in [1.807, 2.05) is 11.4 Å². The van der Waals surface area contributed by atoms with Crippen LogP contribution in [0.3, 0.4) is 0 Å². The molecule has 3 heterocycles. The summed E-state index contributed by atoms with van der Waals surface area (Å²) in [4.78, 5) is 41.9. The summed E-state index contributed by atoms with van der Waals surface area (Å²) in [7, 11) is 0. The molecule has 1 aromatic carbocycles. The van der Waals surface area contributed by atoms with E-state index >= 15 is 0 Å². The lowest BCUT2D eigenvalue weighted by atomic mass is 10.2. The largest absolute Gasteiger partial charge is 0.326 e. The quantitative estimate of drug-likeness (QED) is 0.719. The van der Waals surface area contributed by atoms with Crippen LogP contribution in [-0.4, -0.2) is 27.1 Å². The molecule has 0 saturated carbocycles. The fraction of sp³-hybridized carbons (Fsp3) is 0.176.